The molecular formula is C17H28N4O4. The van der Waals surface area contributed by atoms with Gasteiger partial charge in [-0.2, -0.15) is 0 Å². The van der Waals surface area contributed by atoms with E-state index in [4.69, 9.17) is 9.15 Å². The number of piperidine rings is 1. The third kappa shape index (κ3) is 5.67. The Bertz CT molecular complexity index is 539. The van der Waals surface area contributed by atoms with Gasteiger partial charge in [-0.15, -0.1) is 0 Å². The van der Waals surface area contributed by atoms with Crippen LogP contribution in [0.5, 0.6) is 0 Å². The van der Waals surface area contributed by atoms with Crippen molar-refractivity contribution in [3.8, 4) is 0 Å². The summed E-state index contributed by atoms with van der Waals surface area (Å²) in [6.07, 6.45) is 2.80. The van der Waals surface area contributed by atoms with Gasteiger partial charge in [-0.05, 0) is 46.0 Å². The van der Waals surface area contributed by atoms with Gasteiger partial charge < -0.3 is 24.7 Å². The first-order valence-electron chi connectivity index (χ1n) is 8.67. The average molecular weight is 352 g/mol. The van der Waals surface area contributed by atoms with Crippen LogP contribution in [-0.4, -0.2) is 68.3 Å². The Balaban J connectivity index is 1.73. The number of carbonyl (C=O) groups is 2. The number of likely N-dealkylation sites (tertiary alicyclic amines) is 1. The molecule has 140 valence electrons. The molecule has 8 heteroatoms. The van der Waals surface area contributed by atoms with Gasteiger partial charge in [0, 0.05) is 25.7 Å². The largest absolute Gasteiger partial charge is 0.468 e. The van der Waals surface area contributed by atoms with Gasteiger partial charge in [0.1, 0.15) is 5.76 Å². The van der Waals surface area contributed by atoms with Gasteiger partial charge in [-0.25, -0.2) is 9.59 Å². The summed E-state index contributed by atoms with van der Waals surface area (Å²) >= 11 is 0. The summed E-state index contributed by atoms with van der Waals surface area (Å²) in [5.74, 6) is 0.813. The summed E-state index contributed by atoms with van der Waals surface area (Å²) in [5.41, 5.74) is 0. The second-order valence-corrected chi connectivity index (χ2v) is 6.31. The summed E-state index contributed by atoms with van der Waals surface area (Å²) in [4.78, 5) is 27.5. The lowest BCUT2D eigenvalue weighted by molar-refractivity contribution is 0.0957. The van der Waals surface area contributed by atoms with E-state index >= 15 is 0 Å². The Morgan fingerprint density at radius 3 is 2.68 bits per heavy atom. The minimum absolute atomic E-state index is 0.0218. The van der Waals surface area contributed by atoms with E-state index in [-0.39, 0.29) is 24.2 Å². The van der Waals surface area contributed by atoms with Crippen LogP contribution in [0.25, 0.3) is 0 Å². The minimum atomic E-state index is -0.280. The first-order valence-corrected chi connectivity index (χ1v) is 8.67. The minimum Gasteiger partial charge on any atom is -0.468 e. The molecular weight excluding hydrogens is 324 g/mol. The quantitative estimate of drug-likeness (QED) is 0.815. The van der Waals surface area contributed by atoms with Crippen LogP contribution in [0.2, 0.25) is 0 Å². The number of carbonyl (C=O) groups excluding carboxylic acids is 2. The highest BCUT2D eigenvalue weighted by Crippen LogP contribution is 2.17. The molecule has 2 heterocycles. The van der Waals surface area contributed by atoms with Crippen molar-refractivity contribution in [2.45, 2.75) is 31.8 Å². The summed E-state index contributed by atoms with van der Waals surface area (Å²) in [7, 11) is 3.88. The zero-order valence-electron chi connectivity index (χ0n) is 15.2. The van der Waals surface area contributed by atoms with Gasteiger partial charge in [0.15, 0.2) is 0 Å². The summed E-state index contributed by atoms with van der Waals surface area (Å²) in [5, 5.41) is 5.87. The van der Waals surface area contributed by atoms with Gasteiger partial charge in [-0.1, -0.05) is 0 Å². The van der Waals surface area contributed by atoms with Crippen LogP contribution in [0.1, 0.15) is 31.6 Å². The van der Waals surface area contributed by atoms with Crippen molar-refractivity contribution in [2.75, 3.05) is 40.3 Å². The SMILES string of the molecule is CCOC(=O)N1CCC(NC(=O)NCC(c2ccco2)N(C)C)CC1. The van der Waals surface area contributed by atoms with Gasteiger partial charge >= 0.3 is 12.1 Å². The van der Waals surface area contributed by atoms with Crippen molar-refractivity contribution in [3.05, 3.63) is 24.2 Å². The van der Waals surface area contributed by atoms with Crippen LogP contribution in [0.4, 0.5) is 9.59 Å². The lowest BCUT2D eigenvalue weighted by atomic mass is 10.1. The molecule has 0 aromatic carbocycles. The predicted molar refractivity (Wildman–Crippen MR) is 93.3 cm³/mol. The Morgan fingerprint density at radius 1 is 1.40 bits per heavy atom. The van der Waals surface area contributed by atoms with E-state index in [2.05, 4.69) is 10.6 Å². The van der Waals surface area contributed by atoms with Gasteiger partial charge in [-0.3, -0.25) is 4.90 Å². The summed E-state index contributed by atoms with van der Waals surface area (Å²) < 4.78 is 10.4. The molecule has 1 saturated heterocycles. The van der Waals surface area contributed by atoms with E-state index in [0.29, 0.717) is 26.2 Å². The van der Waals surface area contributed by atoms with E-state index in [1.165, 1.54) is 0 Å². The lowest BCUT2D eigenvalue weighted by Gasteiger charge is -2.31. The summed E-state index contributed by atoms with van der Waals surface area (Å²) in [6, 6.07) is 3.57. The molecule has 0 spiro atoms. The molecule has 0 bridgehead atoms. The maximum atomic E-state index is 12.1. The highest BCUT2D eigenvalue weighted by Gasteiger charge is 2.25. The molecule has 1 aromatic rings. The number of hydrogen-bond acceptors (Lipinski definition) is 5. The fourth-order valence-electron chi connectivity index (χ4n) is 2.87. The Labute approximate surface area is 148 Å². The number of furan rings is 1. The van der Waals surface area contributed by atoms with E-state index in [1.54, 1.807) is 18.1 Å². The molecule has 1 unspecified atom stereocenters. The normalized spacial score (nSPS) is 16.6. The Morgan fingerprint density at radius 2 is 2.12 bits per heavy atom. The number of nitrogens with one attached hydrogen (secondary N) is 2. The van der Waals surface area contributed by atoms with Crippen LogP contribution in [0.3, 0.4) is 0 Å². The van der Waals surface area contributed by atoms with Crippen molar-refractivity contribution >= 4 is 12.1 Å². The molecule has 25 heavy (non-hydrogen) atoms. The molecule has 1 aliphatic heterocycles. The number of urea groups is 1. The van der Waals surface area contributed by atoms with E-state index in [1.807, 2.05) is 31.1 Å². The van der Waals surface area contributed by atoms with E-state index in [0.717, 1.165) is 18.6 Å². The van der Waals surface area contributed by atoms with Gasteiger partial charge in [0.25, 0.3) is 0 Å². The third-order valence-electron chi connectivity index (χ3n) is 4.31. The molecule has 1 atom stereocenters. The second-order valence-electron chi connectivity index (χ2n) is 6.31. The van der Waals surface area contributed by atoms with Crippen LogP contribution >= 0.6 is 0 Å². The monoisotopic (exact) mass is 352 g/mol. The molecule has 1 aliphatic rings. The molecule has 0 radical (unpaired) electrons. The standard InChI is InChI=1S/C17H28N4O4/c1-4-24-17(23)21-9-7-13(8-10-21)19-16(22)18-12-14(20(2)3)15-6-5-11-25-15/h5-6,11,13-14H,4,7-10,12H2,1-3H3,(H2,18,19,22). The van der Waals surface area contributed by atoms with Gasteiger partial charge in [0.2, 0.25) is 0 Å². The van der Waals surface area contributed by atoms with Crippen LogP contribution < -0.4 is 10.6 Å². The number of likely N-dealkylation sites (N-methyl/N-ethyl adjacent to an activating group) is 1. The van der Waals surface area contributed by atoms with Crippen molar-refractivity contribution < 1.29 is 18.7 Å². The Kier molecular flexibility index (Phi) is 7.12. The topological polar surface area (TPSA) is 87.0 Å². The molecule has 8 nitrogen and oxygen atoms in total. The molecule has 0 saturated carbocycles. The van der Waals surface area contributed by atoms with Crippen LogP contribution in [0, 0.1) is 0 Å². The second kappa shape index (κ2) is 9.31. The highest BCUT2D eigenvalue weighted by atomic mass is 16.6. The number of amides is 3. The maximum absolute atomic E-state index is 12.1. The number of ether oxygens (including phenoxy) is 1. The van der Waals surface area contributed by atoms with E-state index < -0.39 is 0 Å². The van der Waals surface area contributed by atoms with Crippen molar-refractivity contribution in [3.63, 3.8) is 0 Å². The molecule has 0 aliphatic carbocycles. The number of hydrogen-bond donors (Lipinski definition) is 2. The Hall–Kier alpha value is -2.22. The fraction of sp³-hybridized carbons (Fsp3) is 0.647. The number of nitrogens with zero attached hydrogens (tertiary/aromatic N) is 2. The fourth-order valence-corrected chi connectivity index (χ4v) is 2.87. The molecule has 2 rings (SSSR count). The summed E-state index contributed by atoms with van der Waals surface area (Å²) in [6.45, 7) is 3.81. The van der Waals surface area contributed by atoms with Gasteiger partial charge in [0.05, 0.1) is 18.9 Å². The third-order valence-corrected chi connectivity index (χ3v) is 4.31. The zero-order chi connectivity index (χ0) is 18.2. The smallest absolute Gasteiger partial charge is 0.409 e. The predicted octanol–water partition coefficient (Wildman–Crippen LogP) is 1.80. The van der Waals surface area contributed by atoms with Crippen LogP contribution in [-0.2, 0) is 4.74 Å². The van der Waals surface area contributed by atoms with Crippen molar-refractivity contribution in [1.82, 2.24) is 20.4 Å². The van der Waals surface area contributed by atoms with Crippen molar-refractivity contribution in [2.24, 2.45) is 0 Å². The lowest BCUT2D eigenvalue weighted by Crippen LogP contribution is -2.50. The molecule has 2 N–H and O–H groups in total. The van der Waals surface area contributed by atoms with Crippen LogP contribution in [0.15, 0.2) is 22.8 Å². The maximum Gasteiger partial charge on any atom is 0.409 e. The first-order chi connectivity index (χ1) is 12.0. The van der Waals surface area contributed by atoms with Crippen molar-refractivity contribution in [1.29, 1.82) is 0 Å². The number of rotatable bonds is 6. The first kappa shape index (κ1) is 19.1. The molecule has 1 aromatic heterocycles. The van der Waals surface area contributed by atoms with E-state index in [9.17, 15) is 9.59 Å². The molecule has 1 fully saturated rings. The molecule has 3 amide bonds. The highest BCUT2D eigenvalue weighted by molar-refractivity contribution is 5.74. The average Bonchev–Trinajstić information content (AvgIpc) is 3.10. The zero-order valence-corrected chi connectivity index (χ0v) is 15.2.